The maximum absolute atomic E-state index is 13.9. The van der Waals surface area contributed by atoms with Crippen LogP contribution in [0.5, 0.6) is 5.75 Å². The molecule has 292 valence electrons. The quantitative estimate of drug-likeness (QED) is 0.0450. The Morgan fingerprint density at radius 2 is 1.54 bits per heavy atom. The summed E-state index contributed by atoms with van der Waals surface area (Å²) in [4.78, 5) is 66.8. The first kappa shape index (κ1) is 42.6. The molecule has 9 N–H and O–H groups in total. The number of methoxy groups -OCH3 is 1. The zero-order valence-corrected chi connectivity index (χ0v) is 31.4. The third-order valence-electron chi connectivity index (χ3n) is 8.82. The first-order valence-corrected chi connectivity index (χ1v) is 18.0. The van der Waals surface area contributed by atoms with Gasteiger partial charge in [0.25, 0.3) is 5.91 Å². The SMILES string of the molecule is CC[C@H](C)[C@H](NC(=O)[C@H](CC(C)C)NC(=O)[C@H](CCCNC(=N)N)NC(=O)c1ccc(-c2cccc(OC)c2)o1)C(=O)N[C@@H](Cc1ccccc1)C(=O)O. The van der Waals surface area contributed by atoms with Gasteiger partial charge in [-0.2, -0.15) is 0 Å². The number of carbonyl (C=O) groups excluding carboxylic acids is 4. The summed E-state index contributed by atoms with van der Waals surface area (Å²) in [6, 6.07) is 14.5. The van der Waals surface area contributed by atoms with E-state index in [4.69, 9.17) is 20.3 Å². The molecule has 0 bridgehead atoms. The van der Waals surface area contributed by atoms with Crippen LogP contribution in [0.2, 0.25) is 0 Å². The van der Waals surface area contributed by atoms with E-state index < -0.39 is 53.8 Å². The fraction of sp³-hybridized carbons (Fsp3) is 0.436. The number of hydrogen-bond acceptors (Lipinski definition) is 8. The van der Waals surface area contributed by atoms with Crippen molar-refractivity contribution in [1.29, 1.82) is 5.41 Å². The normalized spacial score (nSPS) is 13.7. The molecule has 0 fully saturated rings. The predicted octanol–water partition coefficient (Wildman–Crippen LogP) is 3.19. The molecule has 0 saturated carbocycles. The molecule has 0 aliphatic rings. The molecule has 0 aliphatic carbocycles. The zero-order valence-electron chi connectivity index (χ0n) is 31.4. The van der Waals surface area contributed by atoms with Crippen molar-refractivity contribution in [3.63, 3.8) is 0 Å². The predicted molar refractivity (Wildman–Crippen MR) is 204 cm³/mol. The molecule has 5 atom stereocenters. The molecule has 1 aromatic heterocycles. The molecule has 0 aliphatic heterocycles. The standard InChI is InChI=1S/C39H53N7O8/c1-6-24(4)33(37(50)45-30(38(51)52)21-25-12-8-7-9-13-25)46-35(48)29(20-23(2)3)44-34(47)28(16-11-19-42-39(40)41)43-36(49)32-18-17-31(54-32)26-14-10-15-27(22-26)53-5/h7-10,12-15,17-18,22-24,28-30,33H,6,11,16,19-21H2,1-5H3,(H,43,49)(H,44,47)(H,45,50)(H,46,48)(H,51,52)(H4,40,41,42)/t24-,28-,29-,30-,33-/m0/s1. The number of carboxylic acids is 1. The second-order valence-electron chi connectivity index (χ2n) is 13.6. The Morgan fingerprint density at radius 3 is 2.17 bits per heavy atom. The van der Waals surface area contributed by atoms with Crippen molar-refractivity contribution in [3.05, 3.63) is 78.1 Å². The third kappa shape index (κ3) is 13.3. The van der Waals surface area contributed by atoms with Crippen LogP contribution in [-0.2, 0) is 25.6 Å². The summed E-state index contributed by atoms with van der Waals surface area (Å²) in [6.45, 7) is 7.60. The lowest BCUT2D eigenvalue weighted by Crippen LogP contribution is -2.59. The van der Waals surface area contributed by atoms with Crippen molar-refractivity contribution in [1.82, 2.24) is 26.6 Å². The van der Waals surface area contributed by atoms with Crippen molar-refractivity contribution in [3.8, 4) is 17.1 Å². The van der Waals surface area contributed by atoms with Crippen molar-refractivity contribution < 1.29 is 38.2 Å². The number of benzene rings is 2. The minimum Gasteiger partial charge on any atom is -0.497 e. The number of carboxylic acid groups (broad SMARTS) is 1. The molecule has 3 rings (SSSR count). The van der Waals surface area contributed by atoms with Crippen LogP contribution >= 0.6 is 0 Å². The third-order valence-corrected chi connectivity index (χ3v) is 8.82. The van der Waals surface area contributed by atoms with Gasteiger partial charge in [0.2, 0.25) is 17.7 Å². The van der Waals surface area contributed by atoms with E-state index in [9.17, 15) is 29.1 Å². The van der Waals surface area contributed by atoms with Gasteiger partial charge < -0.3 is 46.6 Å². The molecular weight excluding hydrogens is 694 g/mol. The van der Waals surface area contributed by atoms with Gasteiger partial charge in [-0.3, -0.25) is 24.6 Å². The lowest BCUT2D eigenvalue weighted by molar-refractivity contribution is -0.142. The summed E-state index contributed by atoms with van der Waals surface area (Å²) in [5.74, 6) is -3.54. The fourth-order valence-electron chi connectivity index (χ4n) is 5.66. The van der Waals surface area contributed by atoms with E-state index in [2.05, 4.69) is 26.6 Å². The van der Waals surface area contributed by atoms with Crippen LogP contribution in [0, 0.1) is 17.2 Å². The number of aliphatic carboxylic acids is 1. The molecular formula is C39H53N7O8. The number of rotatable bonds is 21. The second-order valence-corrected chi connectivity index (χ2v) is 13.6. The highest BCUT2D eigenvalue weighted by Crippen LogP contribution is 2.26. The number of carbonyl (C=O) groups is 5. The van der Waals surface area contributed by atoms with Crippen LogP contribution in [0.1, 0.15) is 69.5 Å². The topological polar surface area (TPSA) is 238 Å². The van der Waals surface area contributed by atoms with Gasteiger partial charge in [0.15, 0.2) is 11.7 Å². The number of guanidine groups is 1. The van der Waals surface area contributed by atoms with Gasteiger partial charge in [-0.1, -0.05) is 76.6 Å². The van der Waals surface area contributed by atoms with Crippen LogP contribution in [0.4, 0.5) is 0 Å². The average molecular weight is 748 g/mol. The highest BCUT2D eigenvalue weighted by Gasteiger charge is 2.34. The molecule has 1 heterocycles. The molecule has 15 nitrogen and oxygen atoms in total. The van der Waals surface area contributed by atoms with E-state index in [-0.39, 0.29) is 49.4 Å². The van der Waals surface area contributed by atoms with Gasteiger partial charge in [0.05, 0.1) is 7.11 Å². The average Bonchev–Trinajstić information content (AvgIpc) is 3.65. The summed E-state index contributed by atoms with van der Waals surface area (Å²) >= 11 is 0. The largest absolute Gasteiger partial charge is 0.497 e. The van der Waals surface area contributed by atoms with Gasteiger partial charge in [-0.05, 0) is 60.9 Å². The van der Waals surface area contributed by atoms with Gasteiger partial charge in [-0.25, -0.2) is 4.79 Å². The van der Waals surface area contributed by atoms with E-state index in [1.165, 1.54) is 13.2 Å². The highest BCUT2D eigenvalue weighted by atomic mass is 16.5. The second kappa shape index (κ2) is 21.0. The van der Waals surface area contributed by atoms with Gasteiger partial charge in [0, 0.05) is 18.5 Å². The Bertz CT molecular complexity index is 1730. The van der Waals surface area contributed by atoms with Crippen molar-refractivity contribution in [2.45, 2.75) is 84.0 Å². The Morgan fingerprint density at radius 1 is 0.852 bits per heavy atom. The van der Waals surface area contributed by atoms with Crippen LogP contribution < -0.4 is 37.1 Å². The van der Waals surface area contributed by atoms with E-state index >= 15 is 0 Å². The van der Waals surface area contributed by atoms with E-state index in [0.29, 0.717) is 29.9 Å². The zero-order chi connectivity index (χ0) is 39.8. The Balaban J connectivity index is 1.79. The van der Waals surface area contributed by atoms with Crippen LogP contribution in [0.25, 0.3) is 11.3 Å². The van der Waals surface area contributed by atoms with E-state index in [1.807, 2.05) is 20.8 Å². The highest BCUT2D eigenvalue weighted by molar-refractivity contribution is 5.98. The monoisotopic (exact) mass is 747 g/mol. The minimum atomic E-state index is -1.24. The summed E-state index contributed by atoms with van der Waals surface area (Å²) in [6.07, 6.45) is 1.19. The van der Waals surface area contributed by atoms with Crippen molar-refractivity contribution >= 4 is 35.6 Å². The number of nitrogens with one attached hydrogen (secondary N) is 6. The number of hydrogen-bond donors (Lipinski definition) is 8. The number of ether oxygens (including phenoxy) is 1. The van der Waals surface area contributed by atoms with Crippen LogP contribution in [0.15, 0.2) is 71.1 Å². The smallest absolute Gasteiger partial charge is 0.326 e. The number of nitrogens with two attached hydrogens (primary N) is 1. The minimum absolute atomic E-state index is 0.0432. The first-order valence-electron chi connectivity index (χ1n) is 18.0. The number of furan rings is 1. The van der Waals surface area contributed by atoms with Crippen molar-refractivity contribution in [2.75, 3.05) is 13.7 Å². The lowest BCUT2D eigenvalue weighted by atomic mass is 9.96. The molecule has 0 spiro atoms. The molecule has 0 radical (unpaired) electrons. The molecule has 0 unspecified atom stereocenters. The summed E-state index contributed by atoms with van der Waals surface area (Å²) in [5.41, 5.74) is 6.81. The molecule has 4 amide bonds. The summed E-state index contributed by atoms with van der Waals surface area (Å²) in [5, 5.41) is 30.8. The Kier molecular flexibility index (Phi) is 16.5. The molecule has 54 heavy (non-hydrogen) atoms. The first-order chi connectivity index (χ1) is 25.7. The van der Waals surface area contributed by atoms with Crippen LogP contribution in [0.3, 0.4) is 0 Å². The van der Waals surface area contributed by atoms with Crippen LogP contribution in [-0.4, -0.2) is 78.5 Å². The van der Waals surface area contributed by atoms with Crippen molar-refractivity contribution in [2.24, 2.45) is 17.6 Å². The lowest BCUT2D eigenvalue weighted by Gasteiger charge is -2.29. The van der Waals surface area contributed by atoms with Gasteiger partial charge >= 0.3 is 5.97 Å². The van der Waals surface area contributed by atoms with E-state index in [0.717, 1.165) is 5.56 Å². The van der Waals surface area contributed by atoms with Gasteiger partial charge in [0.1, 0.15) is 35.7 Å². The Hall–Kier alpha value is -5.86. The Labute approximate surface area is 315 Å². The summed E-state index contributed by atoms with van der Waals surface area (Å²) < 4.78 is 11.1. The fourth-order valence-corrected chi connectivity index (χ4v) is 5.66. The maximum Gasteiger partial charge on any atom is 0.326 e. The van der Waals surface area contributed by atoms with Gasteiger partial charge in [-0.15, -0.1) is 0 Å². The molecule has 15 heteroatoms. The van der Waals surface area contributed by atoms with E-state index in [1.54, 1.807) is 67.6 Å². The molecule has 2 aromatic carbocycles. The molecule has 3 aromatic rings. The molecule has 0 saturated heterocycles. The summed E-state index contributed by atoms with van der Waals surface area (Å²) in [7, 11) is 1.54. The number of amides is 4. The maximum atomic E-state index is 13.9.